The van der Waals surface area contributed by atoms with Crippen molar-refractivity contribution in [2.24, 2.45) is 5.92 Å². The third-order valence-corrected chi connectivity index (χ3v) is 7.68. The van der Waals surface area contributed by atoms with Crippen molar-refractivity contribution in [3.05, 3.63) is 57.6 Å². The molecule has 202 valence electrons. The smallest absolute Gasteiger partial charge is 0.350 e. The normalized spacial score (nSPS) is 16.5. The molecule has 1 fully saturated rings. The summed E-state index contributed by atoms with van der Waals surface area (Å²) in [6.45, 7) is 4.36. The number of amides is 1. The third-order valence-electron chi connectivity index (χ3n) is 7.68. The second kappa shape index (κ2) is 11.0. The van der Waals surface area contributed by atoms with Gasteiger partial charge in [-0.2, -0.15) is 4.68 Å². The van der Waals surface area contributed by atoms with Gasteiger partial charge in [0.05, 0.1) is 18.8 Å². The SMILES string of the molecule is COc1nccc(C)c1NC(=O)c1cc(F)c(-n2nc3n(c2=O)CCCC3)cc1O[C@@H](C)C1CCCCC1. The molecule has 2 aliphatic rings. The van der Waals surface area contributed by atoms with E-state index in [1.54, 1.807) is 16.8 Å². The molecular formula is C28H34FN5O4. The van der Waals surface area contributed by atoms with E-state index < -0.39 is 17.4 Å². The second-order valence-electron chi connectivity index (χ2n) is 10.2. The summed E-state index contributed by atoms with van der Waals surface area (Å²) in [4.78, 5) is 30.7. The van der Waals surface area contributed by atoms with E-state index in [-0.39, 0.29) is 29.0 Å². The molecule has 3 aromatic rings. The number of carbonyl (C=O) groups excluding carboxylic acids is 1. The lowest BCUT2D eigenvalue weighted by Crippen LogP contribution is -2.28. The summed E-state index contributed by atoms with van der Waals surface area (Å²) < 4.78 is 29.9. The topological polar surface area (TPSA) is 100 Å². The lowest BCUT2D eigenvalue weighted by Gasteiger charge is -2.29. The quantitative estimate of drug-likeness (QED) is 0.477. The fourth-order valence-corrected chi connectivity index (χ4v) is 5.46. The van der Waals surface area contributed by atoms with E-state index in [4.69, 9.17) is 9.47 Å². The number of halogens is 1. The summed E-state index contributed by atoms with van der Waals surface area (Å²) in [5.74, 6) is 0.127. The number of nitrogens with zero attached hydrogens (tertiary/aromatic N) is 4. The van der Waals surface area contributed by atoms with Gasteiger partial charge in [-0.15, -0.1) is 5.10 Å². The third kappa shape index (κ3) is 5.04. The van der Waals surface area contributed by atoms with Gasteiger partial charge in [0, 0.05) is 25.2 Å². The molecule has 0 saturated heterocycles. The standard InChI is InChI=1S/C28H34FN5O4/c1-17-12-13-30-27(37-3)25(17)31-26(35)20-15-21(29)22(34-28(36)33-14-8-7-11-24(33)32-34)16-23(20)38-18(2)19-9-5-4-6-10-19/h12-13,15-16,18-19H,4-11,14H2,1-3H3,(H,31,35)/t18-/m0/s1. The van der Waals surface area contributed by atoms with E-state index in [0.717, 1.165) is 54.8 Å². The fourth-order valence-electron chi connectivity index (χ4n) is 5.46. The number of hydrogen-bond acceptors (Lipinski definition) is 6. The van der Waals surface area contributed by atoms with Gasteiger partial charge < -0.3 is 14.8 Å². The lowest BCUT2D eigenvalue weighted by molar-refractivity contribution is 0.0996. The zero-order chi connectivity index (χ0) is 26.8. The Kier molecular flexibility index (Phi) is 7.49. The van der Waals surface area contributed by atoms with Gasteiger partial charge >= 0.3 is 5.69 Å². The molecule has 10 heteroatoms. The molecule has 0 bridgehead atoms. The van der Waals surface area contributed by atoms with Crippen molar-refractivity contribution < 1.29 is 18.7 Å². The van der Waals surface area contributed by atoms with Gasteiger partial charge in [-0.25, -0.2) is 14.2 Å². The molecule has 0 radical (unpaired) electrons. The number of fused-ring (bicyclic) bond motifs is 1. The Morgan fingerprint density at radius 2 is 1.97 bits per heavy atom. The van der Waals surface area contributed by atoms with Crippen molar-refractivity contribution in [2.45, 2.75) is 77.9 Å². The number of nitrogens with one attached hydrogen (secondary N) is 1. The number of benzene rings is 1. The summed E-state index contributed by atoms with van der Waals surface area (Å²) in [5.41, 5.74) is 0.743. The number of carbonyl (C=O) groups is 1. The highest BCUT2D eigenvalue weighted by Gasteiger charge is 2.27. The molecule has 5 rings (SSSR count). The van der Waals surface area contributed by atoms with Crippen LogP contribution >= 0.6 is 0 Å². The van der Waals surface area contributed by atoms with Crippen molar-refractivity contribution >= 4 is 11.6 Å². The maximum atomic E-state index is 15.6. The van der Waals surface area contributed by atoms with Crippen LogP contribution < -0.4 is 20.5 Å². The Morgan fingerprint density at radius 1 is 1.18 bits per heavy atom. The molecule has 1 N–H and O–H groups in total. The number of pyridine rings is 1. The minimum absolute atomic E-state index is 0.0243. The highest BCUT2D eigenvalue weighted by molar-refractivity contribution is 6.07. The summed E-state index contributed by atoms with van der Waals surface area (Å²) in [6, 6.07) is 4.30. The van der Waals surface area contributed by atoms with Crippen LogP contribution in [0, 0.1) is 18.7 Å². The first-order chi connectivity index (χ1) is 18.4. The first-order valence-corrected chi connectivity index (χ1v) is 13.4. The predicted octanol–water partition coefficient (Wildman–Crippen LogP) is 4.82. The van der Waals surface area contributed by atoms with E-state index >= 15 is 4.39 Å². The van der Waals surface area contributed by atoms with Crippen molar-refractivity contribution in [1.82, 2.24) is 19.3 Å². The summed E-state index contributed by atoms with van der Waals surface area (Å²) in [5, 5.41) is 7.23. The molecule has 2 aromatic heterocycles. The van der Waals surface area contributed by atoms with Gasteiger partial charge in [-0.05, 0) is 63.1 Å². The number of methoxy groups -OCH3 is 1. The second-order valence-corrected chi connectivity index (χ2v) is 10.2. The van der Waals surface area contributed by atoms with Gasteiger partial charge in [0.25, 0.3) is 5.91 Å². The minimum Gasteiger partial charge on any atom is -0.490 e. The van der Waals surface area contributed by atoms with Gasteiger partial charge in [-0.1, -0.05) is 19.3 Å². The predicted molar refractivity (Wildman–Crippen MR) is 141 cm³/mol. The average molecular weight is 524 g/mol. The van der Waals surface area contributed by atoms with Gasteiger partial charge in [0.2, 0.25) is 5.88 Å². The van der Waals surface area contributed by atoms with Crippen molar-refractivity contribution in [3.63, 3.8) is 0 Å². The molecule has 1 saturated carbocycles. The zero-order valence-electron chi connectivity index (χ0n) is 22.1. The van der Waals surface area contributed by atoms with Crippen LogP contribution in [0.25, 0.3) is 5.69 Å². The van der Waals surface area contributed by atoms with Crippen LogP contribution in [0.3, 0.4) is 0 Å². The Labute approximate surface area is 221 Å². The van der Waals surface area contributed by atoms with Crippen LogP contribution in [0.2, 0.25) is 0 Å². The lowest BCUT2D eigenvalue weighted by atomic mass is 9.86. The number of ether oxygens (including phenoxy) is 2. The largest absolute Gasteiger partial charge is 0.490 e. The molecule has 1 aliphatic carbocycles. The number of hydrogen-bond donors (Lipinski definition) is 1. The van der Waals surface area contributed by atoms with Crippen molar-refractivity contribution in [1.29, 1.82) is 0 Å². The van der Waals surface area contributed by atoms with Crippen LogP contribution in [-0.4, -0.2) is 38.5 Å². The maximum Gasteiger partial charge on any atom is 0.350 e. The first-order valence-electron chi connectivity index (χ1n) is 13.4. The van der Waals surface area contributed by atoms with Gasteiger partial charge in [0.15, 0.2) is 0 Å². The van der Waals surface area contributed by atoms with Crippen LogP contribution in [0.15, 0.2) is 29.2 Å². The van der Waals surface area contributed by atoms with E-state index in [9.17, 15) is 9.59 Å². The summed E-state index contributed by atoms with van der Waals surface area (Å²) in [6.07, 6.45) is 9.42. The summed E-state index contributed by atoms with van der Waals surface area (Å²) in [7, 11) is 1.47. The Bertz CT molecular complexity index is 1390. The Balaban J connectivity index is 1.55. The molecular weight excluding hydrogens is 489 g/mol. The number of aryl methyl sites for hydroxylation is 2. The molecule has 0 unspecified atom stereocenters. The van der Waals surface area contributed by atoms with Crippen LogP contribution in [0.5, 0.6) is 11.6 Å². The molecule has 0 spiro atoms. The minimum atomic E-state index is -0.736. The number of anilines is 1. The van der Waals surface area contributed by atoms with E-state index in [0.29, 0.717) is 30.4 Å². The molecule has 1 aromatic carbocycles. The van der Waals surface area contributed by atoms with Crippen LogP contribution in [0.4, 0.5) is 10.1 Å². The van der Waals surface area contributed by atoms with Crippen LogP contribution in [0.1, 0.15) is 73.6 Å². The number of rotatable bonds is 7. The average Bonchev–Trinajstić information content (AvgIpc) is 3.27. The van der Waals surface area contributed by atoms with Crippen LogP contribution in [-0.2, 0) is 13.0 Å². The van der Waals surface area contributed by atoms with E-state index in [1.165, 1.54) is 19.6 Å². The molecule has 38 heavy (non-hydrogen) atoms. The van der Waals surface area contributed by atoms with Gasteiger partial charge in [0.1, 0.15) is 28.8 Å². The fraction of sp³-hybridized carbons (Fsp3) is 0.500. The Hall–Kier alpha value is -3.69. The maximum absolute atomic E-state index is 15.6. The molecule has 1 amide bonds. The van der Waals surface area contributed by atoms with Gasteiger partial charge in [-0.3, -0.25) is 9.36 Å². The first kappa shape index (κ1) is 25.9. The van der Waals surface area contributed by atoms with E-state index in [1.807, 2.05) is 13.8 Å². The molecule has 3 heterocycles. The zero-order valence-corrected chi connectivity index (χ0v) is 22.1. The van der Waals surface area contributed by atoms with Crippen molar-refractivity contribution in [2.75, 3.05) is 12.4 Å². The van der Waals surface area contributed by atoms with Crippen molar-refractivity contribution in [3.8, 4) is 17.3 Å². The molecule has 1 atom stereocenters. The highest BCUT2D eigenvalue weighted by atomic mass is 19.1. The monoisotopic (exact) mass is 523 g/mol. The Morgan fingerprint density at radius 3 is 2.71 bits per heavy atom. The summed E-state index contributed by atoms with van der Waals surface area (Å²) >= 11 is 0. The molecule has 9 nitrogen and oxygen atoms in total. The molecule has 1 aliphatic heterocycles. The number of aromatic nitrogens is 4. The van der Waals surface area contributed by atoms with E-state index in [2.05, 4.69) is 15.4 Å². The highest BCUT2D eigenvalue weighted by Crippen LogP contribution is 2.33.